The first-order valence-electron chi connectivity index (χ1n) is 8.37. The normalized spacial score (nSPS) is 30.5. The van der Waals surface area contributed by atoms with Crippen LogP contribution in [0.5, 0.6) is 0 Å². The number of nitrogens with one attached hydrogen (secondary N) is 4. The molecule has 1 aliphatic heterocycles. The summed E-state index contributed by atoms with van der Waals surface area (Å²) in [6, 6.07) is -2.90. The molecule has 10 nitrogen and oxygen atoms in total. The Labute approximate surface area is 152 Å². The maximum atomic E-state index is 12.5. The third-order valence-corrected chi connectivity index (χ3v) is 3.99. The Balaban J connectivity index is 3.25. The predicted octanol–water partition coefficient (Wildman–Crippen LogP) is -1.57. The van der Waals surface area contributed by atoms with Crippen molar-refractivity contribution in [2.45, 2.75) is 58.8 Å². The fourth-order valence-electron chi connectivity index (χ4n) is 2.35. The lowest BCUT2D eigenvalue weighted by molar-refractivity contribution is -0.148. The van der Waals surface area contributed by atoms with Crippen molar-refractivity contribution in [2.24, 2.45) is 11.8 Å². The number of nitrogens with two attached hydrogens (primary N) is 1. The summed E-state index contributed by atoms with van der Waals surface area (Å²) in [5.74, 6) is 2.65. The van der Waals surface area contributed by atoms with Gasteiger partial charge in [0.25, 0.3) is 0 Å². The SMILES string of the molecule is CC=C1NC(=O)C(C)NC(=O)C(C(C)C)NC(=O)C(NN)C(C)OC1=O. The highest BCUT2D eigenvalue weighted by atomic mass is 16.5. The summed E-state index contributed by atoms with van der Waals surface area (Å²) in [6.45, 7) is 7.99. The molecule has 6 N–H and O–H groups in total. The quantitative estimate of drug-likeness (QED) is 0.171. The van der Waals surface area contributed by atoms with Gasteiger partial charge in [-0.25, -0.2) is 10.2 Å². The van der Waals surface area contributed by atoms with Crippen molar-refractivity contribution in [3.63, 3.8) is 0 Å². The molecule has 0 bridgehead atoms. The van der Waals surface area contributed by atoms with Crippen molar-refractivity contribution in [1.82, 2.24) is 21.4 Å². The van der Waals surface area contributed by atoms with E-state index in [-0.39, 0.29) is 11.6 Å². The molecule has 0 aromatic carbocycles. The minimum absolute atomic E-state index is 0.0983. The van der Waals surface area contributed by atoms with E-state index in [4.69, 9.17) is 10.6 Å². The second-order valence-corrected chi connectivity index (χ2v) is 6.41. The third kappa shape index (κ3) is 5.27. The molecule has 4 atom stereocenters. The molecule has 1 aliphatic rings. The molecule has 1 rings (SSSR count). The number of allylic oxidation sites excluding steroid dienone is 1. The molecule has 0 aromatic heterocycles. The topological polar surface area (TPSA) is 152 Å². The molecular formula is C16H27N5O5. The molecule has 1 heterocycles. The predicted molar refractivity (Wildman–Crippen MR) is 92.9 cm³/mol. The summed E-state index contributed by atoms with van der Waals surface area (Å²) in [5, 5.41) is 7.52. The van der Waals surface area contributed by atoms with Crippen LogP contribution in [0.3, 0.4) is 0 Å². The summed E-state index contributed by atoms with van der Waals surface area (Å²) >= 11 is 0. The second kappa shape index (κ2) is 9.30. The van der Waals surface area contributed by atoms with E-state index < -0.39 is 47.9 Å². The van der Waals surface area contributed by atoms with Gasteiger partial charge in [-0.2, -0.15) is 0 Å². The van der Waals surface area contributed by atoms with Crippen LogP contribution >= 0.6 is 0 Å². The molecule has 4 unspecified atom stereocenters. The van der Waals surface area contributed by atoms with E-state index in [1.165, 1.54) is 19.9 Å². The first kappa shape index (κ1) is 21.6. The summed E-state index contributed by atoms with van der Waals surface area (Å²) in [4.78, 5) is 49.4. The van der Waals surface area contributed by atoms with Crippen LogP contribution in [-0.4, -0.2) is 47.9 Å². The molecule has 0 aromatic rings. The number of hydrogen-bond acceptors (Lipinski definition) is 7. The summed E-state index contributed by atoms with van der Waals surface area (Å²) in [5.41, 5.74) is 2.19. The van der Waals surface area contributed by atoms with E-state index in [2.05, 4.69) is 21.4 Å². The van der Waals surface area contributed by atoms with E-state index in [0.717, 1.165) is 0 Å². The van der Waals surface area contributed by atoms with Crippen LogP contribution in [-0.2, 0) is 23.9 Å². The minimum Gasteiger partial charge on any atom is -0.456 e. The van der Waals surface area contributed by atoms with Gasteiger partial charge in [0.05, 0.1) is 0 Å². The Morgan fingerprint density at radius 3 is 2.19 bits per heavy atom. The lowest BCUT2D eigenvalue weighted by atomic mass is 10.0. The highest BCUT2D eigenvalue weighted by Crippen LogP contribution is 2.08. The second-order valence-electron chi connectivity index (χ2n) is 6.41. The number of amides is 3. The Bertz CT molecular complexity index is 604. The van der Waals surface area contributed by atoms with Gasteiger partial charge in [-0.3, -0.25) is 20.2 Å². The zero-order valence-corrected chi connectivity index (χ0v) is 15.6. The average Bonchev–Trinajstić information content (AvgIpc) is 2.56. The highest BCUT2D eigenvalue weighted by Gasteiger charge is 2.34. The van der Waals surface area contributed by atoms with Crippen molar-refractivity contribution in [2.75, 3.05) is 0 Å². The van der Waals surface area contributed by atoms with Crippen molar-refractivity contribution >= 4 is 23.7 Å². The standard InChI is InChI=1S/C16H27N5O5/c1-6-10-16(25)26-9(5)12(21-17)15(24)20-11(7(2)3)14(23)18-8(4)13(22)19-10/h6-9,11-12,21H,17H2,1-5H3,(H,18,23)(H,19,22)(H,20,24). The van der Waals surface area contributed by atoms with E-state index in [0.29, 0.717) is 0 Å². The van der Waals surface area contributed by atoms with Crippen molar-refractivity contribution in [1.29, 1.82) is 0 Å². The van der Waals surface area contributed by atoms with Crippen LogP contribution in [0.4, 0.5) is 0 Å². The fraction of sp³-hybridized carbons (Fsp3) is 0.625. The maximum absolute atomic E-state index is 12.5. The lowest BCUT2D eigenvalue weighted by Gasteiger charge is -2.27. The first-order valence-corrected chi connectivity index (χ1v) is 8.37. The fourth-order valence-corrected chi connectivity index (χ4v) is 2.35. The first-order chi connectivity index (χ1) is 12.1. The molecule has 1 fully saturated rings. The molecule has 26 heavy (non-hydrogen) atoms. The zero-order chi connectivity index (χ0) is 20.0. The summed E-state index contributed by atoms with van der Waals surface area (Å²) < 4.78 is 5.22. The van der Waals surface area contributed by atoms with Gasteiger partial charge < -0.3 is 20.7 Å². The van der Waals surface area contributed by atoms with Crippen molar-refractivity contribution in [3.8, 4) is 0 Å². The zero-order valence-electron chi connectivity index (χ0n) is 15.6. The lowest BCUT2D eigenvalue weighted by Crippen LogP contribution is -2.60. The van der Waals surface area contributed by atoms with Gasteiger partial charge in [-0.15, -0.1) is 0 Å². The Hall–Kier alpha value is -2.46. The van der Waals surface area contributed by atoms with Gasteiger partial charge in [-0.05, 0) is 26.7 Å². The molecule has 3 amide bonds. The molecule has 10 heteroatoms. The van der Waals surface area contributed by atoms with Gasteiger partial charge in [0, 0.05) is 0 Å². The number of hydrogen-bond donors (Lipinski definition) is 5. The van der Waals surface area contributed by atoms with Crippen molar-refractivity contribution in [3.05, 3.63) is 11.8 Å². The smallest absolute Gasteiger partial charge is 0.354 e. The van der Waals surface area contributed by atoms with Gasteiger partial charge in [0.1, 0.15) is 29.9 Å². The van der Waals surface area contributed by atoms with Crippen molar-refractivity contribution < 1.29 is 23.9 Å². The molecule has 1 saturated heterocycles. The molecule has 146 valence electrons. The Morgan fingerprint density at radius 1 is 1.08 bits per heavy atom. The van der Waals surface area contributed by atoms with E-state index in [1.54, 1.807) is 20.8 Å². The molecule has 0 aliphatic carbocycles. The van der Waals surface area contributed by atoms with Gasteiger partial charge in [0.15, 0.2) is 0 Å². The van der Waals surface area contributed by atoms with Crippen LogP contribution in [0, 0.1) is 5.92 Å². The van der Waals surface area contributed by atoms with E-state index in [9.17, 15) is 19.2 Å². The summed E-state index contributed by atoms with van der Waals surface area (Å²) in [6.07, 6.45) is 0.414. The van der Waals surface area contributed by atoms with Crippen LogP contribution < -0.4 is 27.2 Å². The van der Waals surface area contributed by atoms with Gasteiger partial charge in [0.2, 0.25) is 17.7 Å². The van der Waals surface area contributed by atoms with Crippen LogP contribution in [0.25, 0.3) is 0 Å². The largest absolute Gasteiger partial charge is 0.456 e. The molecule has 0 radical (unpaired) electrons. The molecular weight excluding hydrogens is 342 g/mol. The number of rotatable bonds is 2. The minimum atomic E-state index is -1.08. The van der Waals surface area contributed by atoms with E-state index >= 15 is 0 Å². The van der Waals surface area contributed by atoms with Gasteiger partial charge >= 0.3 is 5.97 Å². The van der Waals surface area contributed by atoms with Crippen LogP contribution in [0.2, 0.25) is 0 Å². The molecule has 0 spiro atoms. The van der Waals surface area contributed by atoms with Crippen LogP contribution in [0.15, 0.2) is 11.8 Å². The number of cyclic esters (lactones) is 1. The summed E-state index contributed by atoms with van der Waals surface area (Å²) in [7, 11) is 0. The van der Waals surface area contributed by atoms with Gasteiger partial charge in [-0.1, -0.05) is 19.9 Å². The highest BCUT2D eigenvalue weighted by molar-refractivity contribution is 5.98. The Kier molecular flexibility index (Phi) is 7.72. The van der Waals surface area contributed by atoms with Crippen LogP contribution in [0.1, 0.15) is 34.6 Å². The third-order valence-electron chi connectivity index (χ3n) is 3.99. The Morgan fingerprint density at radius 2 is 1.69 bits per heavy atom. The number of hydrazine groups is 1. The number of carbonyl (C=O) groups excluding carboxylic acids is 4. The van der Waals surface area contributed by atoms with E-state index in [1.807, 2.05) is 0 Å². The monoisotopic (exact) mass is 369 g/mol. The number of esters is 1. The maximum Gasteiger partial charge on any atom is 0.354 e. The average molecular weight is 369 g/mol. The number of carbonyl (C=O) groups is 4. The molecule has 0 saturated carbocycles. The number of ether oxygens (including phenoxy) is 1.